The van der Waals surface area contributed by atoms with Gasteiger partial charge in [0.2, 0.25) is 5.91 Å². The molecule has 0 unspecified atom stereocenters. The fraction of sp³-hybridized carbons (Fsp3) is 0.278. The third kappa shape index (κ3) is 5.89. The van der Waals surface area contributed by atoms with E-state index < -0.39 is 0 Å². The van der Waals surface area contributed by atoms with E-state index in [9.17, 15) is 14.4 Å². The number of rotatable bonds is 7. The molecule has 0 aliphatic carbocycles. The third-order valence-corrected chi connectivity index (χ3v) is 4.42. The molecule has 0 atom stereocenters. The van der Waals surface area contributed by atoms with Crippen LogP contribution in [0.1, 0.15) is 32.9 Å². The number of amides is 3. The van der Waals surface area contributed by atoms with Crippen LogP contribution < -0.4 is 21.1 Å². The number of carbonyl (C=O) groups is 3. The maximum Gasteiger partial charge on any atom is 0.269 e. The van der Waals surface area contributed by atoms with Crippen molar-refractivity contribution in [2.24, 2.45) is 0 Å². The Hall–Kier alpha value is -2.87. The van der Waals surface area contributed by atoms with E-state index in [0.29, 0.717) is 23.4 Å². The molecular formula is C18H22N4O3S. The number of nitrogens with one attached hydrogen (secondary N) is 3. The lowest BCUT2D eigenvalue weighted by molar-refractivity contribution is -0.121. The molecule has 0 saturated carbocycles. The van der Waals surface area contributed by atoms with Gasteiger partial charge in [0.15, 0.2) is 0 Å². The van der Waals surface area contributed by atoms with Crippen molar-refractivity contribution in [3.8, 4) is 0 Å². The maximum absolute atomic E-state index is 12.1. The molecule has 0 radical (unpaired) electrons. The Morgan fingerprint density at radius 3 is 2.54 bits per heavy atom. The molecule has 3 N–H and O–H groups in total. The molecule has 0 aliphatic rings. The molecule has 0 spiro atoms. The zero-order chi connectivity index (χ0) is 18.9. The highest BCUT2D eigenvalue weighted by atomic mass is 32.1. The van der Waals surface area contributed by atoms with Crippen molar-refractivity contribution in [3.05, 3.63) is 52.2 Å². The van der Waals surface area contributed by atoms with E-state index in [1.165, 1.54) is 11.3 Å². The van der Waals surface area contributed by atoms with E-state index in [1.54, 1.807) is 24.3 Å². The second-order valence-corrected chi connectivity index (χ2v) is 6.73. The van der Waals surface area contributed by atoms with E-state index in [1.807, 2.05) is 36.5 Å². The minimum atomic E-state index is -0.381. The van der Waals surface area contributed by atoms with Crippen molar-refractivity contribution in [1.29, 1.82) is 0 Å². The van der Waals surface area contributed by atoms with Gasteiger partial charge in [0, 0.05) is 38.3 Å². The Balaban J connectivity index is 1.67. The third-order valence-electron chi connectivity index (χ3n) is 3.55. The Bertz CT molecular complexity index is 760. The first-order valence-electron chi connectivity index (χ1n) is 8.15. The average Bonchev–Trinajstić information content (AvgIpc) is 3.18. The van der Waals surface area contributed by atoms with Crippen LogP contribution in [-0.2, 0) is 4.79 Å². The summed E-state index contributed by atoms with van der Waals surface area (Å²) in [5.41, 5.74) is 6.13. The van der Waals surface area contributed by atoms with Crippen LogP contribution in [0.15, 0.2) is 41.8 Å². The van der Waals surface area contributed by atoms with Gasteiger partial charge in [-0.1, -0.05) is 12.1 Å². The lowest BCUT2D eigenvalue weighted by Gasteiger charge is -2.13. The van der Waals surface area contributed by atoms with Crippen LogP contribution in [0.3, 0.4) is 0 Å². The molecule has 0 bridgehead atoms. The molecule has 7 nitrogen and oxygen atoms in total. The fourth-order valence-corrected chi connectivity index (χ4v) is 2.77. The summed E-state index contributed by atoms with van der Waals surface area (Å²) >= 11 is 1.37. The molecule has 0 fully saturated rings. The Labute approximate surface area is 156 Å². The van der Waals surface area contributed by atoms with Crippen LogP contribution in [-0.4, -0.2) is 38.4 Å². The molecule has 1 aromatic heterocycles. The van der Waals surface area contributed by atoms with Crippen LogP contribution in [0, 0.1) is 0 Å². The summed E-state index contributed by atoms with van der Waals surface area (Å²) in [6.07, 6.45) is 0.678. The van der Waals surface area contributed by atoms with E-state index in [2.05, 4.69) is 16.2 Å². The van der Waals surface area contributed by atoms with E-state index in [4.69, 9.17) is 0 Å². The number of nitrogens with zero attached hydrogens (tertiary/aromatic N) is 1. The van der Waals surface area contributed by atoms with Gasteiger partial charge in [-0.3, -0.25) is 25.2 Å². The molecule has 2 aromatic rings. The molecule has 1 aromatic carbocycles. The number of carbonyl (C=O) groups excluding carboxylic acids is 3. The highest BCUT2D eigenvalue weighted by Gasteiger charge is 2.09. The predicted octanol–water partition coefficient (Wildman–Crippen LogP) is 1.79. The lowest BCUT2D eigenvalue weighted by Crippen LogP contribution is -2.41. The van der Waals surface area contributed by atoms with E-state index in [0.717, 1.165) is 5.69 Å². The summed E-state index contributed by atoms with van der Waals surface area (Å²) in [6, 6.07) is 10.6. The minimum Gasteiger partial charge on any atom is -0.378 e. The van der Waals surface area contributed by atoms with Gasteiger partial charge < -0.3 is 10.2 Å². The van der Waals surface area contributed by atoms with E-state index in [-0.39, 0.29) is 24.1 Å². The molecule has 1 heterocycles. The molecular weight excluding hydrogens is 352 g/mol. The number of hydrogen-bond acceptors (Lipinski definition) is 5. The molecule has 26 heavy (non-hydrogen) atoms. The van der Waals surface area contributed by atoms with Crippen molar-refractivity contribution < 1.29 is 14.4 Å². The predicted molar refractivity (Wildman–Crippen MR) is 102 cm³/mol. The summed E-state index contributed by atoms with van der Waals surface area (Å²) in [7, 11) is 3.77. The van der Waals surface area contributed by atoms with Gasteiger partial charge in [0.25, 0.3) is 11.8 Å². The van der Waals surface area contributed by atoms with Gasteiger partial charge >= 0.3 is 0 Å². The summed E-state index contributed by atoms with van der Waals surface area (Å²) < 4.78 is 0. The molecule has 2 rings (SSSR count). The van der Waals surface area contributed by atoms with Gasteiger partial charge in [-0.05, 0) is 36.1 Å². The molecule has 0 saturated heterocycles. The minimum absolute atomic E-state index is 0.144. The first-order valence-corrected chi connectivity index (χ1v) is 9.03. The first kappa shape index (κ1) is 19.5. The summed E-state index contributed by atoms with van der Waals surface area (Å²) in [5, 5.41) is 4.58. The van der Waals surface area contributed by atoms with Crippen LogP contribution in [0.2, 0.25) is 0 Å². The van der Waals surface area contributed by atoms with Crippen LogP contribution in [0.5, 0.6) is 0 Å². The smallest absolute Gasteiger partial charge is 0.269 e. The standard InChI is InChI=1S/C18H22N4O3S/c1-22(2)14-7-3-6-13(12-14)17(24)21-20-16(23)9-4-10-19-18(25)15-8-5-11-26-15/h3,5-8,11-12H,4,9-10H2,1-2H3,(H,19,25)(H,20,23)(H,21,24). The van der Waals surface area contributed by atoms with Crippen LogP contribution in [0.4, 0.5) is 5.69 Å². The largest absolute Gasteiger partial charge is 0.378 e. The van der Waals surface area contributed by atoms with E-state index >= 15 is 0 Å². The molecule has 3 amide bonds. The average molecular weight is 374 g/mol. The van der Waals surface area contributed by atoms with Crippen molar-refractivity contribution in [2.75, 3.05) is 25.5 Å². The maximum atomic E-state index is 12.1. The first-order chi connectivity index (χ1) is 12.5. The van der Waals surface area contributed by atoms with Crippen molar-refractivity contribution in [3.63, 3.8) is 0 Å². The zero-order valence-corrected chi connectivity index (χ0v) is 15.6. The number of hydrazine groups is 1. The van der Waals surface area contributed by atoms with Gasteiger partial charge in [-0.25, -0.2) is 0 Å². The van der Waals surface area contributed by atoms with Crippen molar-refractivity contribution in [2.45, 2.75) is 12.8 Å². The lowest BCUT2D eigenvalue weighted by atomic mass is 10.2. The quantitative estimate of drug-likeness (QED) is 0.509. The second kappa shape index (κ2) is 9.57. The van der Waals surface area contributed by atoms with Gasteiger partial charge in [-0.15, -0.1) is 11.3 Å². The summed E-state index contributed by atoms with van der Waals surface area (Å²) in [4.78, 5) is 38.1. The zero-order valence-electron chi connectivity index (χ0n) is 14.7. The Morgan fingerprint density at radius 2 is 1.85 bits per heavy atom. The highest BCUT2D eigenvalue weighted by molar-refractivity contribution is 7.12. The van der Waals surface area contributed by atoms with Crippen molar-refractivity contribution in [1.82, 2.24) is 16.2 Å². The van der Waals surface area contributed by atoms with Gasteiger partial charge in [-0.2, -0.15) is 0 Å². The SMILES string of the molecule is CN(C)c1cccc(C(=O)NNC(=O)CCCNC(=O)c2cccs2)c1. The number of benzene rings is 1. The van der Waals surface area contributed by atoms with Crippen LogP contribution >= 0.6 is 11.3 Å². The Morgan fingerprint density at radius 1 is 1.04 bits per heavy atom. The number of hydrogen-bond donors (Lipinski definition) is 3. The molecule has 138 valence electrons. The van der Waals surface area contributed by atoms with Gasteiger partial charge in [0.1, 0.15) is 0 Å². The fourth-order valence-electron chi connectivity index (χ4n) is 2.13. The summed E-state index contributed by atoms with van der Waals surface area (Å²) in [5.74, 6) is -0.838. The number of anilines is 1. The normalized spacial score (nSPS) is 10.1. The molecule has 0 aliphatic heterocycles. The Kier molecular flexibility index (Phi) is 7.16. The van der Waals surface area contributed by atoms with Crippen LogP contribution in [0.25, 0.3) is 0 Å². The monoisotopic (exact) mass is 374 g/mol. The molecule has 8 heteroatoms. The van der Waals surface area contributed by atoms with Crippen molar-refractivity contribution >= 4 is 34.7 Å². The number of thiophene rings is 1. The topological polar surface area (TPSA) is 90.5 Å². The second-order valence-electron chi connectivity index (χ2n) is 5.78. The summed E-state index contributed by atoms with van der Waals surface area (Å²) in [6.45, 7) is 0.392. The van der Waals surface area contributed by atoms with Gasteiger partial charge in [0.05, 0.1) is 4.88 Å². The highest BCUT2D eigenvalue weighted by Crippen LogP contribution is 2.13.